The van der Waals surface area contributed by atoms with Gasteiger partial charge in [0.1, 0.15) is 11.9 Å². The number of aliphatic hydroxyl groups is 1. The lowest BCUT2D eigenvalue weighted by Gasteiger charge is -2.39. The number of carbonyl (C=O) groups is 4. The lowest BCUT2D eigenvalue weighted by atomic mass is 9.98. The number of imide groups is 1. The molecule has 2 aliphatic carbocycles. The van der Waals surface area contributed by atoms with E-state index in [0.29, 0.717) is 48.7 Å². The van der Waals surface area contributed by atoms with Gasteiger partial charge in [0.25, 0.3) is 0 Å². The van der Waals surface area contributed by atoms with Gasteiger partial charge >= 0.3 is 0 Å². The van der Waals surface area contributed by atoms with Gasteiger partial charge in [0.05, 0.1) is 46.2 Å². The third-order valence-electron chi connectivity index (χ3n) is 13.5. The summed E-state index contributed by atoms with van der Waals surface area (Å²) in [5.41, 5.74) is 1.54. The van der Waals surface area contributed by atoms with Crippen LogP contribution in [0.3, 0.4) is 0 Å². The molecular formula is C44H61FN12O5S. The minimum Gasteiger partial charge on any atom is -0.393 e. The zero-order chi connectivity index (χ0) is 44.3. The Labute approximate surface area is 372 Å². The van der Waals surface area contributed by atoms with Crippen LogP contribution in [0.4, 0.5) is 33.2 Å². The van der Waals surface area contributed by atoms with Crippen molar-refractivity contribution in [3.05, 3.63) is 42.1 Å². The smallest absolute Gasteiger partial charge is 0.249 e. The molecule has 4 N–H and O–H groups in total. The Morgan fingerprint density at radius 1 is 0.968 bits per heavy atom. The number of benzene rings is 1. The number of likely N-dealkylation sites (N-methyl/N-ethyl adjacent to an activating group) is 1. The van der Waals surface area contributed by atoms with E-state index in [1.165, 1.54) is 24.2 Å². The summed E-state index contributed by atoms with van der Waals surface area (Å²) >= 11 is 1.73. The van der Waals surface area contributed by atoms with Crippen molar-refractivity contribution in [1.29, 1.82) is 0 Å². The number of aromatic nitrogens is 4. The second-order valence-electron chi connectivity index (χ2n) is 18.0. The number of carbonyl (C=O) groups excluding carboxylic acids is 4. The Balaban J connectivity index is 0.000000710. The molecule has 5 fully saturated rings. The second kappa shape index (κ2) is 19.5. The average molecular weight is 889 g/mol. The minimum absolute atomic E-state index is 0.0359. The van der Waals surface area contributed by atoms with Crippen LogP contribution in [0.1, 0.15) is 89.0 Å². The molecule has 0 bridgehead atoms. The average Bonchev–Trinajstić information content (AvgIpc) is 3.89. The van der Waals surface area contributed by atoms with Gasteiger partial charge in [0.2, 0.25) is 30.1 Å². The minimum atomic E-state index is -0.889. The Kier molecular flexibility index (Phi) is 13.8. The van der Waals surface area contributed by atoms with Crippen molar-refractivity contribution in [2.75, 3.05) is 79.2 Å². The van der Waals surface area contributed by atoms with Gasteiger partial charge in [-0.1, -0.05) is 19.3 Å². The summed E-state index contributed by atoms with van der Waals surface area (Å²) < 4.78 is 20.6. The summed E-state index contributed by atoms with van der Waals surface area (Å²) in [5.74, 6) is -0.107. The molecule has 0 radical (unpaired) electrons. The molecule has 9 rings (SSSR count). The van der Waals surface area contributed by atoms with E-state index in [-0.39, 0.29) is 47.9 Å². The van der Waals surface area contributed by atoms with Gasteiger partial charge in [-0.2, -0.15) is 10.1 Å². The fourth-order valence-electron chi connectivity index (χ4n) is 9.54. The van der Waals surface area contributed by atoms with Crippen molar-refractivity contribution in [1.82, 2.24) is 34.3 Å². The molecule has 1 atom stereocenters. The maximum Gasteiger partial charge on any atom is 0.249 e. The maximum absolute atomic E-state index is 16.2. The summed E-state index contributed by atoms with van der Waals surface area (Å²) in [5, 5.41) is 22.2. The van der Waals surface area contributed by atoms with Crippen LogP contribution in [0.25, 0.3) is 0 Å². The molecule has 3 saturated heterocycles. The maximum atomic E-state index is 16.2. The molecule has 1 spiro atoms. The van der Waals surface area contributed by atoms with E-state index in [2.05, 4.69) is 53.5 Å². The molecule has 19 heteroatoms. The number of hydrogen-bond acceptors (Lipinski definition) is 14. The first-order chi connectivity index (χ1) is 30.4. The second-order valence-corrected chi connectivity index (χ2v) is 19.2. The van der Waals surface area contributed by atoms with Crippen molar-refractivity contribution in [2.45, 2.75) is 125 Å². The number of nitrogens with zero attached hydrogens (tertiary/aromatic N) is 9. The van der Waals surface area contributed by atoms with Crippen molar-refractivity contribution in [3.63, 3.8) is 0 Å². The highest BCUT2D eigenvalue weighted by atomic mass is 32.2. The van der Waals surface area contributed by atoms with E-state index in [9.17, 15) is 19.2 Å². The van der Waals surface area contributed by atoms with E-state index >= 15 is 4.39 Å². The quantitative estimate of drug-likeness (QED) is 0.109. The summed E-state index contributed by atoms with van der Waals surface area (Å²) in [6, 6.07) is 3.10. The number of rotatable bonds is 13. The molecule has 340 valence electrons. The van der Waals surface area contributed by atoms with Gasteiger partial charge in [0, 0.05) is 83.3 Å². The monoisotopic (exact) mass is 888 g/mol. The molecule has 1 unspecified atom stereocenters. The first kappa shape index (κ1) is 44.7. The Morgan fingerprint density at radius 3 is 2.37 bits per heavy atom. The van der Waals surface area contributed by atoms with Crippen LogP contribution in [-0.4, -0.2) is 136 Å². The molecule has 6 aliphatic rings. The van der Waals surface area contributed by atoms with E-state index in [1.807, 2.05) is 22.0 Å². The molecule has 2 aromatic heterocycles. The van der Waals surface area contributed by atoms with Crippen LogP contribution < -0.4 is 30.7 Å². The van der Waals surface area contributed by atoms with Crippen LogP contribution in [0.15, 0.2) is 35.6 Å². The number of anilines is 5. The highest BCUT2D eigenvalue weighted by Gasteiger charge is 2.57. The Bertz CT molecular complexity index is 2130. The Morgan fingerprint density at radius 2 is 1.71 bits per heavy atom. The molecule has 6 heterocycles. The van der Waals surface area contributed by atoms with E-state index in [0.717, 1.165) is 88.0 Å². The summed E-state index contributed by atoms with van der Waals surface area (Å²) in [4.78, 5) is 66.3. The zero-order valence-electron chi connectivity index (χ0n) is 36.6. The molecule has 2 saturated carbocycles. The van der Waals surface area contributed by atoms with E-state index in [1.54, 1.807) is 43.1 Å². The Hall–Kier alpha value is -4.85. The molecule has 4 aliphatic heterocycles. The SMILES string of the molecule is CN(C)c1c(N(C=O)C2CCC(=O)NC2=O)ccc(N2CCC(N(C)CCn3cc(SN4CCC(Nc5ncc6c(n5)NC(=O)C65CC5)CC4)cn3)CC2)c1F.OC1CCCCC1. The first-order valence-electron chi connectivity index (χ1n) is 22.5. The fourth-order valence-corrected chi connectivity index (χ4v) is 10.5. The molecule has 63 heavy (non-hydrogen) atoms. The van der Waals surface area contributed by atoms with Gasteiger partial charge in [-0.15, -0.1) is 0 Å². The van der Waals surface area contributed by atoms with Crippen LogP contribution in [-0.2, 0) is 31.1 Å². The number of amides is 4. The van der Waals surface area contributed by atoms with Gasteiger partial charge in [0.15, 0.2) is 5.82 Å². The summed E-state index contributed by atoms with van der Waals surface area (Å²) in [7, 11) is 5.55. The van der Waals surface area contributed by atoms with Crippen molar-refractivity contribution in [3.8, 4) is 0 Å². The molecule has 4 amide bonds. The lowest BCUT2D eigenvalue weighted by molar-refractivity contribution is -0.135. The lowest BCUT2D eigenvalue weighted by Crippen LogP contribution is -2.52. The molecular weight excluding hydrogens is 828 g/mol. The largest absolute Gasteiger partial charge is 0.393 e. The van der Waals surface area contributed by atoms with E-state index < -0.39 is 17.8 Å². The van der Waals surface area contributed by atoms with Crippen LogP contribution in [0, 0.1) is 5.82 Å². The van der Waals surface area contributed by atoms with Gasteiger partial charge < -0.3 is 35.3 Å². The number of nitrogens with one attached hydrogen (secondary N) is 3. The fraction of sp³-hybridized carbons (Fsp3) is 0.614. The summed E-state index contributed by atoms with van der Waals surface area (Å²) in [6.45, 7) is 4.79. The topological polar surface area (TPSA) is 184 Å². The first-order valence-corrected chi connectivity index (χ1v) is 23.3. The summed E-state index contributed by atoms with van der Waals surface area (Å²) in [6.07, 6.45) is 18.0. The van der Waals surface area contributed by atoms with Gasteiger partial charge in [-0.05, 0) is 88.9 Å². The predicted molar refractivity (Wildman–Crippen MR) is 240 cm³/mol. The third kappa shape index (κ3) is 10.1. The van der Waals surface area contributed by atoms with Gasteiger partial charge in [-0.3, -0.25) is 29.2 Å². The van der Waals surface area contributed by atoms with Crippen LogP contribution in [0.2, 0.25) is 0 Å². The number of aliphatic hydroxyl groups excluding tert-OH is 1. The molecule has 3 aromatic rings. The van der Waals surface area contributed by atoms with Crippen molar-refractivity contribution >= 4 is 64.9 Å². The number of fused-ring (bicyclic) bond motifs is 2. The normalized spacial score (nSPS) is 21.7. The highest BCUT2D eigenvalue weighted by Crippen LogP contribution is 2.54. The van der Waals surface area contributed by atoms with E-state index in [4.69, 9.17) is 5.11 Å². The number of halogens is 1. The molecule has 1 aromatic carbocycles. The number of piperidine rings is 3. The molecule has 17 nitrogen and oxygen atoms in total. The van der Waals surface area contributed by atoms with Crippen molar-refractivity contribution < 1.29 is 28.7 Å². The predicted octanol–water partition coefficient (Wildman–Crippen LogP) is 4.13. The highest BCUT2D eigenvalue weighted by molar-refractivity contribution is 7.97. The van der Waals surface area contributed by atoms with Crippen LogP contribution >= 0.6 is 11.9 Å². The van der Waals surface area contributed by atoms with Crippen LogP contribution in [0.5, 0.6) is 0 Å². The zero-order valence-corrected chi connectivity index (χ0v) is 37.4. The third-order valence-corrected chi connectivity index (χ3v) is 14.5. The van der Waals surface area contributed by atoms with Gasteiger partial charge in [-0.25, -0.2) is 13.7 Å². The number of hydrogen-bond donors (Lipinski definition) is 4. The van der Waals surface area contributed by atoms with Crippen molar-refractivity contribution in [2.24, 2.45) is 0 Å². The standard InChI is InChI=1S/C38H49FN12O4S.C6H12O/c1-46(2)33-29(51(23-52)30-6-7-31(53)43-35(30)54)5-4-28(32(33)39)48-14-10-25(11-15-48)47(3)18-19-49-22-26(20-41-49)56-50-16-8-24(9-17-50)42-37-40-21-27-34(45-37)44-36(55)38(27)12-13-38;7-6-4-2-1-3-5-6/h4-5,20-25,30H,6-19H2,1-3H3,(H,43,53,54)(H2,40,42,44,45,55);6-7H,1-5H2.